The molecule has 0 spiro atoms. The summed E-state index contributed by atoms with van der Waals surface area (Å²) in [6.45, 7) is 4.65. The summed E-state index contributed by atoms with van der Waals surface area (Å²) in [5.41, 5.74) is 1.59. The Balaban J connectivity index is 1.67. The molecule has 0 aromatic carbocycles. The van der Waals surface area contributed by atoms with Crippen molar-refractivity contribution in [3.05, 3.63) is 11.6 Å². The maximum absolute atomic E-state index is 12.4. The predicted octanol–water partition coefficient (Wildman–Crippen LogP) is 2.50. The van der Waals surface area contributed by atoms with Crippen molar-refractivity contribution in [3.8, 4) is 0 Å². The van der Waals surface area contributed by atoms with E-state index in [0.29, 0.717) is 40.4 Å². The Kier molecular flexibility index (Phi) is 3.50. The Bertz CT molecular complexity index is 573. The van der Waals surface area contributed by atoms with Gasteiger partial charge in [-0.1, -0.05) is 25.5 Å². The first-order valence-electron chi connectivity index (χ1n) is 9.33. The molecule has 3 saturated carbocycles. The smallest absolute Gasteiger partial charge is 0.158 e. The maximum atomic E-state index is 12.4. The Morgan fingerprint density at radius 2 is 1.91 bits per heavy atom. The molecule has 0 aromatic rings. The molecule has 0 bridgehead atoms. The first kappa shape index (κ1) is 16.0. The fourth-order valence-corrected chi connectivity index (χ4v) is 6.91. The molecule has 0 unspecified atom stereocenters. The molecule has 1 N–H and O–H groups in total. The molecule has 6 atom stereocenters. The van der Waals surface area contributed by atoms with Gasteiger partial charge in [0.05, 0.1) is 0 Å². The van der Waals surface area contributed by atoms with E-state index in [2.05, 4.69) is 19.9 Å². The molecule has 4 aliphatic carbocycles. The van der Waals surface area contributed by atoms with Gasteiger partial charge in [-0.2, -0.15) is 0 Å². The quantitative estimate of drug-likeness (QED) is 0.455. The van der Waals surface area contributed by atoms with Crippen molar-refractivity contribution in [2.45, 2.75) is 71.0 Å². The number of carbonyl (C=O) groups is 1. The molecule has 128 valence electrons. The minimum absolute atomic E-state index is 0.0452. The summed E-state index contributed by atoms with van der Waals surface area (Å²) >= 11 is 0. The molecule has 0 saturated heterocycles. The summed E-state index contributed by atoms with van der Waals surface area (Å²) < 4.78 is 5.52. The average Bonchev–Trinajstić information content (AvgIpc) is 2.84. The van der Waals surface area contributed by atoms with Crippen LogP contribution in [0.25, 0.3) is 0 Å². The predicted molar refractivity (Wildman–Crippen MR) is 92.7 cm³/mol. The van der Waals surface area contributed by atoms with Crippen LogP contribution in [0.4, 0.5) is 0 Å². The standard InChI is InChI=1S/C19H30O3Si/c1-17-9-10-19(21,22-23)11-12(17)3-4-13-14-5-6-16(20)18(14,2)8-7-15(13)17/h3,13-15,21H,4-11H2,1-2,23H3/t13-,14-,15-,17-,18-,19+/m0/s1. The average molecular weight is 335 g/mol. The second-order valence-corrected chi connectivity index (χ2v) is 9.41. The van der Waals surface area contributed by atoms with Crippen LogP contribution in [-0.2, 0) is 9.22 Å². The van der Waals surface area contributed by atoms with Gasteiger partial charge in [-0.3, -0.25) is 4.79 Å². The van der Waals surface area contributed by atoms with E-state index in [4.69, 9.17) is 4.43 Å². The number of hydrogen-bond acceptors (Lipinski definition) is 3. The molecule has 23 heavy (non-hydrogen) atoms. The van der Waals surface area contributed by atoms with Crippen molar-refractivity contribution >= 4 is 16.3 Å². The van der Waals surface area contributed by atoms with Crippen molar-refractivity contribution < 1.29 is 14.3 Å². The number of hydrogen-bond donors (Lipinski definition) is 1. The third kappa shape index (κ3) is 2.10. The van der Waals surface area contributed by atoms with Crippen molar-refractivity contribution in [3.63, 3.8) is 0 Å². The van der Waals surface area contributed by atoms with Gasteiger partial charge in [0.2, 0.25) is 0 Å². The highest BCUT2D eigenvalue weighted by atomic mass is 28.2. The van der Waals surface area contributed by atoms with Crippen molar-refractivity contribution in [1.29, 1.82) is 0 Å². The van der Waals surface area contributed by atoms with Gasteiger partial charge in [0.25, 0.3) is 0 Å². The third-order valence-electron chi connectivity index (χ3n) is 8.22. The summed E-state index contributed by atoms with van der Waals surface area (Å²) in [4.78, 5) is 12.4. The molecule has 3 nitrogen and oxygen atoms in total. The number of fused-ring (bicyclic) bond motifs is 5. The SMILES string of the molecule is C[C@]12CC[C@@](O)(O[SiH3])CC1=CC[C@@H]1[C@@H]2CC[C@]2(C)C(=O)CC[C@@H]12. The van der Waals surface area contributed by atoms with E-state index in [0.717, 1.165) is 38.5 Å². The van der Waals surface area contributed by atoms with Crippen molar-refractivity contribution in [2.24, 2.45) is 28.6 Å². The minimum Gasteiger partial charge on any atom is -0.401 e. The second-order valence-electron chi connectivity index (χ2n) is 9.00. The lowest BCUT2D eigenvalue weighted by molar-refractivity contribution is -0.167. The van der Waals surface area contributed by atoms with Crippen LogP contribution < -0.4 is 0 Å². The number of ketones is 1. The van der Waals surface area contributed by atoms with Crippen LogP contribution >= 0.6 is 0 Å². The van der Waals surface area contributed by atoms with Crippen LogP contribution in [0, 0.1) is 28.6 Å². The minimum atomic E-state index is -0.906. The number of Topliss-reactive ketones (excluding diaryl/α,β-unsaturated/α-hetero) is 1. The molecular weight excluding hydrogens is 304 g/mol. The monoisotopic (exact) mass is 334 g/mol. The molecular formula is C19H30O3Si. The van der Waals surface area contributed by atoms with Crippen LogP contribution in [-0.4, -0.2) is 27.2 Å². The number of carbonyl (C=O) groups excluding carboxylic acids is 1. The lowest BCUT2D eigenvalue weighted by atomic mass is 9.48. The van der Waals surface area contributed by atoms with E-state index in [1.165, 1.54) is 12.0 Å². The van der Waals surface area contributed by atoms with Gasteiger partial charge in [-0.15, -0.1) is 0 Å². The van der Waals surface area contributed by atoms with Crippen LogP contribution in [0.3, 0.4) is 0 Å². The topological polar surface area (TPSA) is 46.5 Å². The van der Waals surface area contributed by atoms with Crippen LogP contribution in [0.15, 0.2) is 11.6 Å². The van der Waals surface area contributed by atoms with Crippen LogP contribution in [0.5, 0.6) is 0 Å². The van der Waals surface area contributed by atoms with Gasteiger partial charge in [0.1, 0.15) is 16.3 Å². The zero-order valence-corrected chi connectivity index (χ0v) is 16.7. The molecule has 4 aliphatic rings. The van der Waals surface area contributed by atoms with E-state index in [9.17, 15) is 9.90 Å². The maximum Gasteiger partial charge on any atom is 0.158 e. The zero-order chi connectivity index (χ0) is 16.5. The molecule has 0 radical (unpaired) electrons. The van der Waals surface area contributed by atoms with Crippen molar-refractivity contribution in [2.75, 3.05) is 0 Å². The van der Waals surface area contributed by atoms with Gasteiger partial charge in [-0.25, -0.2) is 0 Å². The molecule has 0 heterocycles. The lowest BCUT2D eigenvalue weighted by Crippen LogP contribution is -2.52. The summed E-state index contributed by atoms with van der Waals surface area (Å²) in [5, 5.41) is 10.6. The summed E-state index contributed by atoms with van der Waals surface area (Å²) in [5.74, 6) is 1.54. The molecule has 0 amide bonds. The molecule has 0 aromatic heterocycles. The first-order chi connectivity index (χ1) is 10.8. The fourth-order valence-electron chi connectivity index (χ4n) is 6.56. The zero-order valence-electron chi connectivity index (χ0n) is 14.7. The fraction of sp³-hybridized carbons (Fsp3) is 0.842. The third-order valence-corrected chi connectivity index (χ3v) is 8.98. The molecule has 0 aliphatic heterocycles. The highest BCUT2D eigenvalue weighted by Gasteiger charge is 2.59. The van der Waals surface area contributed by atoms with E-state index in [-0.39, 0.29) is 10.8 Å². The highest BCUT2D eigenvalue weighted by Crippen LogP contribution is 2.64. The van der Waals surface area contributed by atoms with Gasteiger partial charge in [0, 0.05) is 24.7 Å². The van der Waals surface area contributed by atoms with E-state index in [1.54, 1.807) is 0 Å². The summed E-state index contributed by atoms with van der Waals surface area (Å²) in [6, 6.07) is 0. The van der Waals surface area contributed by atoms with Gasteiger partial charge < -0.3 is 9.53 Å². The Labute approximate surface area is 142 Å². The van der Waals surface area contributed by atoms with E-state index < -0.39 is 5.79 Å². The van der Waals surface area contributed by atoms with Crippen LogP contribution in [0.1, 0.15) is 65.2 Å². The van der Waals surface area contributed by atoms with E-state index >= 15 is 0 Å². The first-order valence-corrected chi connectivity index (χ1v) is 10.1. The van der Waals surface area contributed by atoms with Crippen molar-refractivity contribution in [1.82, 2.24) is 0 Å². The Morgan fingerprint density at radius 3 is 2.65 bits per heavy atom. The molecule has 3 fully saturated rings. The Morgan fingerprint density at radius 1 is 1.17 bits per heavy atom. The second kappa shape index (κ2) is 5.03. The van der Waals surface area contributed by atoms with Gasteiger partial charge >= 0.3 is 0 Å². The molecule has 4 rings (SSSR count). The Hall–Kier alpha value is -0.453. The number of aliphatic hydroxyl groups is 1. The van der Waals surface area contributed by atoms with Crippen LogP contribution in [0.2, 0.25) is 0 Å². The van der Waals surface area contributed by atoms with Gasteiger partial charge in [0.15, 0.2) is 5.79 Å². The van der Waals surface area contributed by atoms with E-state index in [1.807, 2.05) is 0 Å². The largest absolute Gasteiger partial charge is 0.401 e. The van der Waals surface area contributed by atoms with Gasteiger partial charge in [-0.05, 0) is 55.3 Å². The number of allylic oxidation sites excluding steroid dienone is 1. The number of rotatable bonds is 1. The normalized spacial score (nSPS) is 52.6. The molecule has 4 heteroatoms. The lowest BCUT2D eigenvalue weighted by Gasteiger charge is -2.57. The highest BCUT2D eigenvalue weighted by molar-refractivity contribution is 5.98. The summed E-state index contributed by atoms with van der Waals surface area (Å²) in [7, 11) is 0.587. The summed E-state index contributed by atoms with van der Waals surface area (Å²) in [6.07, 6.45) is 10.1.